The van der Waals surface area contributed by atoms with Gasteiger partial charge in [0.1, 0.15) is 0 Å². The molecular formula is C37H33N. The lowest BCUT2D eigenvalue weighted by atomic mass is 9.80. The molecule has 0 fully saturated rings. The van der Waals surface area contributed by atoms with Crippen LogP contribution in [0.25, 0.3) is 44.5 Å². The fourth-order valence-corrected chi connectivity index (χ4v) is 7.08. The van der Waals surface area contributed by atoms with E-state index in [0.717, 1.165) is 5.69 Å². The number of nitrogens with two attached hydrogens (primary N) is 1. The number of hydrogen-bond donors (Lipinski definition) is 1. The molecular weight excluding hydrogens is 458 g/mol. The molecule has 0 amide bonds. The second-order valence-electron chi connectivity index (χ2n) is 12.1. The molecule has 1 heteroatoms. The fourth-order valence-electron chi connectivity index (χ4n) is 7.08. The van der Waals surface area contributed by atoms with Gasteiger partial charge in [0, 0.05) is 16.5 Å². The van der Waals surface area contributed by atoms with Crippen LogP contribution in [0.15, 0.2) is 97.1 Å². The first kappa shape index (κ1) is 23.0. The minimum Gasteiger partial charge on any atom is -0.399 e. The average Bonchev–Trinajstić information content (AvgIpc) is 3.29. The van der Waals surface area contributed by atoms with E-state index in [9.17, 15) is 0 Å². The van der Waals surface area contributed by atoms with Crippen molar-refractivity contribution in [1.29, 1.82) is 0 Å². The van der Waals surface area contributed by atoms with Gasteiger partial charge in [0.05, 0.1) is 0 Å². The number of rotatable bonds is 2. The maximum absolute atomic E-state index is 6.57. The molecule has 0 saturated heterocycles. The minimum atomic E-state index is -0.0282. The van der Waals surface area contributed by atoms with Crippen molar-refractivity contribution in [3.63, 3.8) is 0 Å². The van der Waals surface area contributed by atoms with Crippen LogP contribution in [0.3, 0.4) is 0 Å². The predicted octanol–water partition coefficient (Wildman–Crippen LogP) is 9.52. The van der Waals surface area contributed by atoms with Crippen LogP contribution in [-0.4, -0.2) is 0 Å². The summed E-state index contributed by atoms with van der Waals surface area (Å²) in [6, 6.07) is 35.8. The topological polar surface area (TPSA) is 26.0 Å². The Morgan fingerprint density at radius 3 is 1.29 bits per heavy atom. The van der Waals surface area contributed by atoms with Gasteiger partial charge < -0.3 is 5.73 Å². The second kappa shape index (κ2) is 7.71. The minimum absolute atomic E-state index is 0.0282. The zero-order chi connectivity index (χ0) is 26.4. The monoisotopic (exact) mass is 491 g/mol. The first-order valence-corrected chi connectivity index (χ1v) is 13.6. The molecule has 186 valence electrons. The van der Waals surface area contributed by atoms with E-state index in [4.69, 9.17) is 5.73 Å². The number of hydrogen-bond acceptors (Lipinski definition) is 1. The summed E-state index contributed by atoms with van der Waals surface area (Å²) in [6.45, 7) is 11.6. The Morgan fingerprint density at radius 2 is 0.842 bits per heavy atom. The largest absolute Gasteiger partial charge is 0.399 e. The summed E-state index contributed by atoms with van der Waals surface area (Å²) in [5.74, 6) is 0. The van der Waals surface area contributed by atoms with Crippen LogP contribution in [-0.2, 0) is 10.8 Å². The summed E-state index contributed by atoms with van der Waals surface area (Å²) >= 11 is 0. The maximum Gasteiger partial charge on any atom is 0.0326 e. The molecule has 38 heavy (non-hydrogen) atoms. The normalized spacial score (nSPS) is 15.5. The lowest BCUT2D eigenvalue weighted by Gasteiger charge is -2.23. The zero-order valence-corrected chi connectivity index (χ0v) is 22.8. The van der Waals surface area contributed by atoms with E-state index in [2.05, 4.69) is 132 Å². The Morgan fingerprint density at radius 1 is 0.447 bits per heavy atom. The molecule has 1 nitrogen and oxygen atoms in total. The molecule has 0 bridgehead atoms. The van der Waals surface area contributed by atoms with E-state index < -0.39 is 0 Å². The van der Waals surface area contributed by atoms with Gasteiger partial charge in [0.15, 0.2) is 0 Å². The molecule has 0 heterocycles. The number of benzene rings is 5. The average molecular weight is 492 g/mol. The Kier molecular flexibility index (Phi) is 4.68. The van der Waals surface area contributed by atoms with Crippen molar-refractivity contribution in [2.45, 2.75) is 45.4 Å². The highest BCUT2D eigenvalue weighted by Crippen LogP contribution is 2.51. The maximum atomic E-state index is 6.57. The van der Waals surface area contributed by atoms with Gasteiger partial charge in [-0.2, -0.15) is 0 Å². The highest BCUT2D eigenvalue weighted by Gasteiger charge is 2.36. The standard InChI is InChI=1S/C37H33N/c1-22-30(23-14-16-28-26-10-6-8-12-32(26)36(2,3)34(28)18-23)20-25(38)21-31(22)24-15-17-29-27-11-7-9-13-33(27)37(4,5)35(29)19-24/h6-21H,38H2,1-5H3. The smallest absolute Gasteiger partial charge is 0.0326 e. The Bertz CT molecular complexity index is 1660. The van der Waals surface area contributed by atoms with E-state index in [1.807, 2.05) is 0 Å². The third-order valence-corrected chi connectivity index (χ3v) is 9.22. The molecule has 2 N–H and O–H groups in total. The molecule has 2 aliphatic carbocycles. The third kappa shape index (κ3) is 3.05. The highest BCUT2D eigenvalue weighted by molar-refractivity contribution is 5.89. The quantitative estimate of drug-likeness (QED) is 0.244. The van der Waals surface area contributed by atoms with Crippen LogP contribution in [0.4, 0.5) is 5.69 Å². The van der Waals surface area contributed by atoms with Crippen molar-refractivity contribution in [3.8, 4) is 44.5 Å². The molecule has 0 radical (unpaired) electrons. The van der Waals surface area contributed by atoms with Gasteiger partial charge in [0.25, 0.3) is 0 Å². The van der Waals surface area contributed by atoms with Crippen molar-refractivity contribution in [2.24, 2.45) is 0 Å². The lowest BCUT2D eigenvalue weighted by Crippen LogP contribution is -2.15. The van der Waals surface area contributed by atoms with Crippen molar-refractivity contribution >= 4 is 5.69 Å². The molecule has 7 rings (SSSR count). The number of fused-ring (bicyclic) bond motifs is 6. The van der Waals surface area contributed by atoms with Crippen LogP contribution in [0.2, 0.25) is 0 Å². The van der Waals surface area contributed by atoms with Gasteiger partial charge in [-0.25, -0.2) is 0 Å². The Hall–Kier alpha value is -4.10. The van der Waals surface area contributed by atoms with Gasteiger partial charge >= 0.3 is 0 Å². The van der Waals surface area contributed by atoms with E-state index in [1.165, 1.54) is 72.3 Å². The molecule has 0 atom stereocenters. The van der Waals surface area contributed by atoms with Crippen LogP contribution in [0.1, 0.15) is 55.5 Å². The van der Waals surface area contributed by atoms with Gasteiger partial charge in [-0.1, -0.05) is 100 Å². The van der Waals surface area contributed by atoms with E-state index >= 15 is 0 Å². The second-order valence-corrected chi connectivity index (χ2v) is 12.1. The van der Waals surface area contributed by atoms with Crippen LogP contribution in [0.5, 0.6) is 0 Å². The van der Waals surface area contributed by atoms with Gasteiger partial charge in [-0.05, 0) is 104 Å². The summed E-state index contributed by atoms with van der Waals surface area (Å²) in [7, 11) is 0. The lowest BCUT2D eigenvalue weighted by molar-refractivity contribution is 0.660. The summed E-state index contributed by atoms with van der Waals surface area (Å²) in [5.41, 5.74) is 24.4. The fraction of sp³-hybridized carbons (Fsp3) is 0.189. The molecule has 0 aromatic heterocycles. The van der Waals surface area contributed by atoms with Gasteiger partial charge in [-0.15, -0.1) is 0 Å². The van der Waals surface area contributed by atoms with Crippen molar-refractivity contribution in [2.75, 3.05) is 5.73 Å². The Balaban J connectivity index is 1.37. The van der Waals surface area contributed by atoms with Crippen LogP contribution >= 0.6 is 0 Å². The van der Waals surface area contributed by atoms with E-state index in [1.54, 1.807) is 0 Å². The zero-order valence-electron chi connectivity index (χ0n) is 22.8. The predicted molar refractivity (Wildman–Crippen MR) is 162 cm³/mol. The SMILES string of the molecule is Cc1c(-c2ccc3c(c2)C(C)(C)c2ccccc2-3)cc(N)cc1-c1ccc2c(c1)C(C)(C)c1ccccc1-2. The highest BCUT2D eigenvalue weighted by atomic mass is 14.5. The molecule has 2 aliphatic rings. The van der Waals surface area contributed by atoms with Gasteiger partial charge in [-0.3, -0.25) is 0 Å². The first-order valence-electron chi connectivity index (χ1n) is 13.6. The molecule has 5 aromatic rings. The molecule has 0 spiro atoms. The van der Waals surface area contributed by atoms with Crippen LogP contribution < -0.4 is 5.73 Å². The van der Waals surface area contributed by atoms with Crippen molar-refractivity contribution in [3.05, 3.63) is 125 Å². The summed E-state index contributed by atoms with van der Waals surface area (Å²) < 4.78 is 0. The molecule has 5 aromatic carbocycles. The molecule has 0 aliphatic heterocycles. The van der Waals surface area contributed by atoms with Crippen molar-refractivity contribution in [1.82, 2.24) is 0 Å². The van der Waals surface area contributed by atoms with Gasteiger partial charge in [0.2, 0.25) is 0 Å². The summed E-state index contributed by atoms with van der Waals surface area (Å²) in [5, 5.41) is 0. The van der Waals surface area contributed by atoms with Crippen molar-refractivity contribution < 1.29 is 0 Å². The first-order chi connectivity index (χ1) is 18.2. The van der Waals surface area contributed by atoms with E-state index in [0.29, 0.717) is 0 Å². The number of anilines is 1. The third-order valence-electron chi connectivity index (χ3n) is 9.22. The molecule has 0 unspecified atom stereocenters. The van der Waals surface area contributed by atoms with E-state index in [-0.39, 0.29) is 10.8 Å². The number of nitrogen functional groups attached to an aromatic ring is 1. The Labute approximate surface area is 226 Å². The molecule has 0 saturated carbocycles. The summed E-state index contributed by atoms with van der Waals surface area (Å²) in [4.78, 5) is 0. The summed E-state index contributed by atoms with van der Waals surface area (Å²) in [6.07, 6.45) is 0. The van der Waals surface area contributed by atoms with Crippen LogP contribution in [0, 0.1) is 6.92 Å².